The second kappa shape index (κ2) is 6.85. The molecule has 20 heavy (non-hydrogen) atoms. The highest BCUT2D eigenvalue weighted by Crippen LogP contribution is 2.34. The normalized spacial score (nSPS) is 15.8. The first-order valence-electron chi connectivity index (χ1n) is 6.56. The van der Waals surface area contributed by atoms with Crippen LogP contribution in [-0.4, -0.2) is 30.8 Å². The van der Waals surface area contributed by atoms with Gasteiger partial charge in [0.25, 0.3) is 0 Å². The van der Waals surface area contributed by atoms with E-state index >= 15 is 0 Å². The van der Waals surface area contributed by atoms with E-state index in [0.717, 1.165) is 22.8 Å². The molecule has 110 valence electrons. The number of ether oxygens (including phenoxy) is 2. The Bertz CT molecular complexity index is 481. The molecular formula is C14H20N2O3S. The summed E-state index contributed by atoms with van der Waals surface area (Å²) in [6.45, 7) is 2.18. The Labute approximate surface area is 123 Å². The molecule has 0 fully saturated rings. The number of nitrogens with one attached hydrogen (secondary N) is 1. The molecule has 2 rings (SSSR count). The van der Waals surface area contributed by atoms with Gasteiger partial charge in [0, 0.05) is 0 Å². The molecule has 0 bridgehead atoms. The predicted molar refractivity (Wildman–Crippen MR) is 80.1 cm³/mol. The summed E-state index contributed by atoms with van der Waals surface area (Å²) in [5.74, 6) is 2.22. The summed E-state index contributed by atoms with van der Waals surface area (Å²) in [5, 5.41) is 2.93. The summed E-state index contributed by atoms with van der Waals surface area (Å²) < 4.78 is 10.6. The van der Waals surface area contributed by atoms with E-state index in [-0.39, 0.29) is 18.7 Å². The third-order valence-electron chi connectivity index (χ3n) is 3.23. The van der Waals surface area contributed by atoms with Crippen LogP contribution in [0.15, 0.2) is 18.2 Å². The number of benzene rings is 1. The number of hydrogen-bond acceptors (Lipinski definition) is 5. The largest absolute Gasteiger partial charge is 0.454 e. The Morgan fingerprint density at radius 1 is 1.45 bits per heavy atom. The second-order valence-corrected chi connectivity index (χ2v) is 5.72. The van der Waals surface area contributed by atoms with Gasteiger partial charge in [-0.15, -0.1) is 0 Å². The summed E-state index contributed by atoms with van der Waals surface area (Å²) in [6.07, 6.45) is 2.68. The zero-order valence-corrected chi connectivity index (χ0v) is 12.5. The van der Waals surface area contributed by atoms with E-state index in [4.69, 9.17) is 15.2 Å². The molecule has 1 amide bonds. The molecule has 1 aliphatic rings. The molecule has 0 aromatic heterocycles. The maximum absolute atomic E-state index is 12.0. The molecule has 1 unspecified atom stereocenters. The minimum absolute atomic E-state index is 0.114. The summed E-state index contributed by atoms with van der Waals surface area (Å²) in [5.41, 5.74) is 6.82. The lowest BCUT2D eigenvalue weighted by Crippen LogP contribution is -2.41. The summed E-state index contributed by atoms with van der Waals surface area (Å²) >= 11 is 1.69. The van der Waals surface area contributed by atoms with Gasteiger partial charge in [0.15, 0.2) is 11.5 Å². The van der Waals surface area contributed by atoms with Gasteiger partial charge in [0.2, 0.25) is 12.7 Å². The number of carbonyl (C=O) groups excluding carboxylic acids is 1. The maximum atomic E-state index is 12.0. The fourth-order valence-electron chi connectivity index (χ4n) is 1.96. The van der Waals surface area contributed by atoms with Gasteiger partial charge >= 0.3 is 0 Å². The average Bonchev–Trinajstić information content (AvgIpc) is 2.91. The second-order valence-electron chi connectivity index (χ2n) is 4.73. The van der Waals surface area contributed by atoms with Crippen molar-refractivity contribution >= 4 is 17.7 Å². The van der Waals surface area contributed by atoms with Crippen LogP contribution >= 0.6 is 11.8 Å². The Hall–Kier alpha value is -1.40. The maximum Gasteiger partial charge on any atom is 0.237 e. The van der Waals surface area contributed by atoms with Gasteiger partial charge in [0.05, 0.1) is 12.1 Å². The third kappa shape index (κ3) is 3.58. The monoisotopic (exact) mass is 296 g/mol. The summed E-state index contributed by atoms with van der Waals surface area (Å²) in [7, 11) is 0. The fourth-order valence-corrected chi connectivity index (χ4v) is 2.45. The Morgan fingerprint density at radius 2 is 2.20 bits per heavy atom. The molecule has 0 saturated heterocycles. The molecule has 1 aromatic rings. The quantitative estimate of drug-likeness (QED) is 0.835. The molecule has 1 aromatic carbocycles. The lowest BCUT2D eigenvalue weighted by atomic mass is 10.1. The first kappa shape index (κ1) is 15.0. The highest BCUT2D eigenvalue weighted by atomic mass is 32.2. The zero-order valence-electron chi connectivity index (χ0n) is 11.7. The molecule has 2 atom stereocenters. The van der Waals surface area contributed by atoms with Crippen LogP contribution in [0.2, 0.25) is 0 Å². The molecule has 0 saturated carbocycles. The van der Waals surface area contributed by atoms with Crippen LogP contribution in [0.3, 0.4) is 0 Å². The van der Waals surface area contributed by atoms with Gasteiger partial charge < -0.3 is 20.5 Å². The van der Waals surface area contributed by atoms with Crippen molar-refractivity contribution in [2.24, 2.45) is 5.73 Å². The SMILES string of the molecule is CSCC[C@@H](N)C(=O)NC(C)c1ccc2c(c1)OCO2. The number of amides is 1. The van der Waals surface area contributed by atoms with Gasteiger partial charge in [-0.1, -0.05) is 6.07 Å². The minimum Gasteiger partial charge on any atom is -0.454 e. The van der Waals surface area contributed by atoms with Crippen LogP contribution in [0.4, 0.5) is 0 Å². The van der Waals surface area contributed by atoms with Crippen LogP contribution in [0.5, 0.6) is 11.5 Å². The van der Waals surface area contributed by atoms with E-state index in [0.29, 0.717) is 6.42 Å². The first-order chi connectivity index (χ1) is 9.61. The van der Waals surface area contributed by atoms with Gasteiger partial charge in [-0.3, -0.25) is 4.79 Å². The molecule has 1 aliphatic heterocycles. The van der Waals surface area contributed by atoms with Crippen molar-refractivity contribution in [2.45, 2.75) is 25.4 Å². The number of carbonyl (C=O) groups is 1. The average molecular weight is 296 g/mol. The molecule has 0 spiro atoms. The smallest absolute Gasteiger partial charge is 0.237 e. The van der Waals surface area contributed by atoms with Crippen molar-refractivity contribution in [3.63, 3.8) is 0 Å². The summed E-state index contributed by atoms with van der Waals surface area (Å²) in [4.78, 5) is 12.0. The van der Waals surface area contributed by atoms with Gasteiger partial charge in [-0.25, -0.2) is 0 Å². The van der Waals surface area contributed by atoms with E-state index in [2.05, 4.69) is 5.32 Å². The highest BCUT2D eigenvalue weighted by Gasteiger charge is 2.19. The van der Waals surface area contributed by atoms with Crippen LogP contribution in [0.1, 0.15) is 24.9 Å². The van der Waals surface area contributed by atoms with Crippen molar-refractivity contribution < 1.29 is 14.3 Å². The van der Waals surface area contributed by atoms with Crippen LogP contribution in [-0.2, 0) is 4.79 Å². The number of nitrogens with two attached hydrogens (primary N) is 1. The van der Waals surface area contributed by atoms with Crippen molar-refractivity contribution in [2.75, 3.05) is 18.8 Å². The van der Waals surface area contributed by atoms with E-state index in [1.165, 1.54) is 0 Å². The van der Waals surface area contributed by atoms with Gasteiger partial charge in [-0.05, 0) is 43.0 Å². The lowest BCUT2D eigenvalue weighted by molar-refractivity contribution is -0.123. The Morgan fingerprint density at radius 3 is 2.95 bits per heavy atom. The minimum atomic E-state index is -0.459. The standard InChI is InChI=1S/C14H20N2O3S/c1-9(16-14(17)11(15)5-6-20-2)10-3-4-12-13(7-10)19-8-18-12/h3-4,7,9,11H,5-6,8,15H2,1-2H3,(H,16,17)/t9?,11-/m1/s1. The molecule has 0 radical (unpaired) electrons. The zero-order chi connectivity index (χ0) is 14.5. The van der Waals surface area contributed by atoms with Crippen LogP contribution < -0.4 is 20.5 Å². The van der Waals surface area contributed by atoms with Gasteiger partial charge in [-0.2, -0.15) is 11.8 Å². The lowest BCUT2D eigenvalue weighted by Gasteiger charge is -2.18. The predicted octanol–water partition coefficient (Wildman–Crippen LogP) is 1.67. The number of hydrogen-bond donors (Lipinski definition) is 2. The molecular weight excluding hydrogens is 276 g/mol. The molecule has 0 aliphatic carbocycles. The van der Waals surface area contributed by atoms with Crippen LogP contribution in [0.25, 0.3) is 0 Å². The fraction of sp³-hybridized carbons (Fsp3) is 0.500. The van der Waals surface area contributed by atoms with Crippen molar-refractivity contribution in [3.05, 3.63) is 23.8 Å². The number of fused-ring (bicyclic) bond motifs is 1. The summed E-state index contributed by atoms with van der Waals surface area (Å²) in [6, 6.07) is 5.09. The Balaban J connectivity index is 1.94. The van der Waals surface area contributed by atoms with Crippen LogP contribution in [0, 0.1) is 0 Å². The number of thioether (sulfide) groups is 1. The van der Waals surface area contributed by atoms with E-state index in [1.54, 1.807) is 11.8 Å². The van der Waals surface area contributed by atoms with Crippen molar-refractivity contribution in [1.82, 2.24) is 5.32 Å². The number of rotatable bonds is 6. The Kier molecular flexibility index (Phi) is 5.14. The van der Waals surface area contributed by atoms with E-state index in [1.807, 2.05) is 31.4 Å². The highest BCUT2D eigenvalue weighted by molar-refractivity contribution is 7.98. The van der Waals surface area contributed by atoms with E-state index < -0.39 is 6.04 Å². The van der Waals surface area contributed by atoms with Crippen molar-refractivity contribution in [3.8, 4) is 11.5 Å². The van der Waals surface area contributed by atoms with Gasteiger partial charge in [0.1, 0.15) is 0 Å². The molecule has 3 N–H and O–H groups in total. The first-order valence-corrected chi connectivity index (χ1v) is 7.95. The van der Waals surface area contributed by atoms with Crippen molar-refractivity contribution in [1.29, 1.82) is 0 Å². The molecule has 6 heteroatoms. The topological polar surface area (TPSA) is 73.6 Å². The third-order valence-corrected chi connectivity index (χ3v) is 3.87. The molecule has 5 nitrogen and oxygen atoms in total. The van der Waals surface area contributed by atoms with E-state index in [9.17, 15) is 4.79 Å². The molecule has 1 heterocycles.